The number of anilines is 1. The highest BCUT2D eigenvalue weighted by Crippen LogP contribution is 2.33. The molecule has 4 nitrogen and oxygen atoms in total. The Morgan fingerprint density at radius 1 is 1.42 bits per heavy atom. The Bertz CT molecular complexity index is 503. The van der Waals surface area contributed by atoms with Crippen LogP contribution in [-0.2, 0) is 9.59 Å². The predicted octanol–water partition coefficient (Wildman–Crippen LogP) is 3.50. The van der Waals surface area contributed by atoms with Crippen molar-refractivity contribution in [1.82, 2.24) is 0 Å². The molecule has 0 aliphatic rings. The van der Waals surface area contributed by atoms with Gasteiger partial charge in [0, 0.05) is 11.3 Å². The average molecular weight is 302 g/mol. The van der Waals surface area contributed by atoms with Crippen molar-refractivity contribution in [2.45, 2.75) is 25.2 Å². The molecule has 0 aromatic heterocycles. The number of carbonyl (C=O) groups is 2. The number of rotatable bonds is 5. The third-order valence-electron chi connectivity index (χ3n) is 2.63. The molecule has 0 spiro atoms. The highest BCUT2D eigenvalue weighted by Gasteiger charge is 2.30. The van der Waals surface area contributed by atoms with E-state index >= 15 is 0 Å². The fourth-order valence-corrected chi connectivity index (χ4v) is 2.49. The Morgan fingerprint density at radius 3 is 2.58 bits per heavy atom. The summed E-state index contributed by atoms with van der Waals surface area (Å²) in [5.74, 6) is -1.34. The van der Waals surface area contributed by atoms with E-state index in [1.807, 2.05) is 6.26 Å². The highest BCUT2D eigenvalue weighted by molar-refractivity contribution is 7.98. The van der Waals surface area contributed by atoms with Gasteiger partial charge in [0.25, 0.3) is 0 Å². The van der Waals surface area contributed by atoms with Crippen molar-refractivity contribution in [3.63, 3.8) is 0 Å². The lowest BCUT2D eigenvalue weighted by atomic mass is 9.89. The van der Waals surface area contributed by atoms with E-state index in [1.165, 1.54) is 25.6 Å². The molecule has 0 unspecified atom stereocenters. The molecule has 0 saturated heterocycles. The zero-order valence-corrected chi connectivity index (χ0v) is 12.6. The van der Waals surface area contributed by atoms with Crippen LogP contribution in [0.4, 0.5) is 5.69 Å². The van der Waals surface area contributed by atoms with Crippen molar-refractivity contribution in [3.8, 4) is 0 Å². The number of hydrogen-bond acceptors (Lipinski definition) is 3. The van der Waals surface area contributed by atoms with Crippen molar-refractivity contribution in [2.24, 2.45) is 5.41 Å². The summed E-state index contributed by atoms with van der Waals surface area (Å²) >= 11 is 7.46. The molecule has 1 rings (SSSR count). The molecule has 2 N–H and O–H groups in total. The quantitative estimate of drug-likeness (QED) is 0.817. The largest absolute Gasteiger partial charge is 0.481 e. The van der Waals surface area contributed by atoms with E-state index in [9.17, 15) is 9.59 Å². The molecular formula is C13H16ClNO3S. The Kier molecular flexibility index (Phi) is 5.26. The number of thioether (sulfide) groups is 1. The second-order valence-electron chi connectivity index (χ2n) is 4.73. The normalized spacial score (nSPS) is 11.2. The van der Waals surface area contributed by atoms with Crippen LogP contribution in [0.2, 0.25) is 5.02 Å². The van der Waals surface area contributed by atoms with E-state index in [0.29, 0.717) is 10.7 Å². The summed E-state index contributed by atoms with van der Waals surface area (Å²) in [6.07, 6.45) is 1.76. The van der Waals surface area contributed by atoms with Gasteiger partial charge in [-0.25, -0.2) is 0 Å². The lowest BCUT2D eigenvalue weighted by molar-refractivity contribution is -0.148. The number of aliphatic carboxylic acids is 1. The van der Waals surface area contributed by atoms with Gasteiger partial charge in [-0.05, 0) is 32.2 Å². The van der Waals surface area contributed by atoms with Gasteiger partial charge in [0.05, 0.1) is 16.1 Å². The predicted molar refractivity (Wildman–Crippen MR) is 77.9 cm³/mol. The lowest BCUT2D eigenvalue weighted by Crippen LogP contribution is -2.29. The number of carboxylic acid groups (broad SMARTS) is 1. The van der Waals surface area contributed by atoms with Gasteiger partial charge >= 0.3 is 5.97 Å². The van der Waals surface area contributed by atoms with E-state index in [4.69, 9.17) is 16.7 Å². The van der Waals surface area contributed by atoms with E-state index in [2.05, 4.69) is 5.32 Å². The molecule has 1 amide bonds. The van der Waals surface area contributed by atoms with Gasteiger partial charge in [-0.1, -0.05) is 17.7 Å². The Morgan fingerprint density at radius 2 is 2.05 bits per heavy atom. The molecule has 19 heavy (non-hydrogen) atoms. The van der Waals surface area contributed by atoms with Crippen LogP contribution in [-0.4, -0.2) is 23.2 Å². The molecule has 0 aliphatic carbocycles. The number of carbonyl (C=O) groups excluding carboxylic acids is 1. The van der Waals surface area contributed by atoms with Crippen LogP contribution < -0.4 is 5.32 Å². The number of nitrogens with one attached hydrogen (secondary N) is 1. The number of benzene rings is 1. The molecule has 0 saturated carbocycles. The molecule has 0 radical (unpaired) electrons. The summed E-state index contributed by atoms with van der Waals surface area (Å²) in [6.45, 7) is 3.03. The molecule has 0 aliphatic heterocycles. The summed E-state index contributed by atoms with van der Waals surface area (Å²) in [5, 5.41) is 12.3. The second-order valence-corrected chi connectivity index (χ2v) is 5.96. The monoisotopic (exact) mass is 301 g/mol. The van der Waals surface area contributed by atoms with Gasteiger partial charge in [-0.15, -0.1) is 11.8 Å². The standard InChI is InChI=1S/C13H16ClNO3S/c1-13(2,12(17)18)7-10(16)15-9-6-4-5-8(14)11(9)19-3/h4-6H,7H2,1-3H3,(H,15,16)(H,17,18). The molecule has 0 heterocycles. The maximum absolute atomic E-state index is 11.9. The van der Waals surface area contributed by atoms with Crippen molar-refractivity contribution in [2.75, 3.05) is 11.6 Å². The molecule has 1 aromatic carbocycles. The van der Waals surface area contributed by atoms with Crippen LogP contribution in [0.1, 0.15) is 20.3 Å². The lowest BCUT2D eigenvalue weighted by Gasteiger charge is -2.19. The van der Waals surface area contributed by atoms with Crippen LogP contribution in [0.3, 0.4) is 0 Å². The van der Waals surface area contributed by atoms with Crippen LogP contribution in [0.5, 0.6) is 0 Å². The first-order valence-electron chi connectivity index (χ1n) is 5.63. The molecule has 0 fully saturated rings. The zero-order chi connectivity index (χ0) is 14.6. The van der Waals surface area contributed by atoms with E-state index in [-0.39, 0.29) is 12.3 Å². The van der Waals surface area contributed by atoms with E-state index < -0.39 is 11.4 Å². The summed E-state index contributed by atoms with van der Waals surface area (Å²) in [5.41, 5.74) is -0.492. The van der Waals surface area contributed by atoms with Crippen molar-refractivity contribution >= 4 is 40.9 Å². The number of halogens is 1. The van der Waals surface area contributed by atoms with E-state index in [0.717, 1.165) is 4.90 Å². The third-order valence-corrected chi connectivity index (χ3v) is 3.90. The summed E-state index contributed by atoms with van der Waals surface area (Å²) in [6, 6.07) is 5.22. The minimum absolute atomic E-state index is 0.0946. The topological polar surface area (TPSA) is 66.4 Å². The molecule has 0 atom stereocenters. The van der Waals surface area contributed by atoms with Gasteiger partial charge < -0.3 is 10.4 Å². The maximum Gasteiger partial charge on any atom is 0.309 e. The SMILES string of the molecule is CSc1c(Cl)cccc1NC(=O)CC(C)(C)C(=O)O. The second kappa shape index (κ2) is 6.30. The van der Waals surface area contributed by atoms with Crippen LogP contribution in [0.25, 0.3) is 0 Å². The smallest absolute Gasteiger partial charge is 0.309 e. The Labute approximate surface area is 121 Å². The molecule has 6 heteroatoms. The highest BCUT2D eigenvalue weighted by atomic mass is 35.5. The first kappa shape index (κ1) is 15.9. The van der Waals surface area contributed by atoms with Crippen LogP contribution >= 0.6 is 23.4 Å². The van der Waals surface area contributed by atoms with Gasteiger partial charge in [-0.2, -0.15) is 0 Å². The fourth-order valence-electron chi connectivity index (χ4n) is 1.49. The summed E-state index contributed by atoms with van der Waals surface area (Å²) in [7, 11) is 0. The minimum Gasteiger partial charge on any atom is -0.481 e. The number of carboxylic acids is 1. The van der Waals surface area contributed by atoms with Gasteiger partial charge in [0.1, 0.15) is 0 Å². The van der Waals surface area contributed by atoms with Gasteiger partial charge in [0.2, 0.25) is 5.91 Å². The van der Waals surface area contributed by atoms with Crippen LogP contribution in [0, 0.1) is 5.41 Å². The van der Waals surface area contributed by atoms with Crippen molar-refractivity contribution in [3.05, 3.63) is 23.2 Å². The number of hydrogen-bond donors (Lipinski definition) is 2. The first-order chi connectivity index (χ1) is 8.77. The molecular weight excluding hydrogens is 286 g/mol. The average Bonchev–Trinajstić information content (AvgIpc) is 2.28. The molecule has 1 aromatic rings. The maximum atomic E-state index is 11.9. The van der Waals surface area contributed by atoms with Gasteiger partial charge in [0.15, 0.2) is 0 Å². The first-order valence-corrected chi connectivity index (χ1v) is 7.24. The van der Waals surface area contributed by atoms with E-state index in [1.54, 1.807) is 18.2 Å². The summed E-state index contributed by atoms with van der Waals surface area (Å²) < 4.78 is 0. The summed E-state index contributed by atoms with van der Waals surface area (Å²) in [4.78, 5) is 23.6. The molecule has 104 valence electrons. The molecule has 0 bridgehead atoms. The Balaban J connectivity index is 2.84. The fraction of sp³-hybridized carbons (Fsp3) is 0.385. The zero-order valence-electron chi connectivity index (χ0n) is 11.0. The van der Waals surface area contributed by atoms with Crippen molar-refractivity contribution in [1.29, 1.82) is 0 Å². The van der Waals surface area contributed by atoms with Crippen molar-refractivity contribution < 1.29 is 14.7 Å². The minimum atomic E-state index is -1.10. The Hall–Kier alpha value is -1.20. The third kappa shape index (κ3) is 4.14. The van der Waals surface area contributed by atoms with Crippen LogP contribution in [0.15, 0.2) is 23.1 Å². The van der Waals surface area contributed by atoms with Gasteiger partial charge in [-0.3, -0.25) is 9.59 Å². The number of amides is 1.